The van der Waals surface area contributed by atoms with Gasteiger partial charge in [0.15, 0.2) is 5.16 Å². The first-order chi connectivity index (χ1) is 9.58. The van der Waals surface area contributed by atoms with E-state index in [1.165, 1.54) is 11.8 Å². The molecule has 8 heteroatoms. The first-order valence-corrected chi connectivity index (χ1v) is 7.68. The molecule has 3 N–H and O–H groups in total. The zero-order valence-corrected chi connectivity index (χ0v) is 12.1. The van der Waals surface area contributed by atoms with Crippen molar-refractivity contribution in [3.05, 3.63) is 30.3 Å². The average Bonchev–Trinajstić information content (AvgIpc) is 2.39. The molecule has 0 saturated heterocycles. The third-order valence-electron chi connectivity index (χ3n) is 2.27. The number of anilines is 3. The van der Waals surface area contributed by atoms with E-state index in [0.29, 0.717) is 39.1 Å². The summed E-state index contributed by atoms with van der Waals surface area (Å²) in [6.45, 7) is 0. The molecule has 0 aliphatic rings. The highest BCUT2D eigenvalue weighted by atomic mass is 32.2. The maximum absolute atomic E-state index is 12.5. The Morgan fingerprint density at radius 3 is 2.70 bits per heavy atom. The lowest BCUT2D eigenvalue weighted by molar-refractivity contribution is 0.252. The number of thioether (sulfide) groups is 2. The van der Waals surface area contributed by atoms with E-state index in [-0.39, 0.29) is 0 Å². The lowest BCUT2D eigenvalue weighted by Gasteiger charge is -2.11. The van der Waals surface area contributed by atoms with Gasteiger partial charge in [0.1, 0.15) is 11.6 Å². The topological polar surface area (TPSA) is 63.8 Å². The molecule has 4 nitrogen and oxygen atoms in total. The highest BCUT2D eigenvalue weighted by Crippen LogP contribution is 2.33. The molecule has 1 aromatic carbocycles. The molecule has 106 valence electrons. The molecule has 0 radical (unpaired) electrons. The summed E-state index contributed by atoms with van der Waals surface area (Å²) in [7, 11) is 0. The Labute approximate surface area is 123 Å². The van der Waals surface area contributed by atoms with Crippen LogP contribution in [0.15, 0.2) is 40.4 Å². The summed E-state index contributed by atoms with van der Waals surface area (Å²) in [6, 6.07) is 8.36. The van der Waals surface area contributed by atoms with Crippen LogP contribution in [0.25, 0.3) is 0 Å². The Morgan fingerprint density at radius 2 is 2.00 bits per heavy atom. The van der Waals surface area contributed by atoms with Crippen LogP contribution in [0, 0.1) is 0 Å². The molecule has 0 fully saturated rings. The number of para-hydroxylation sites is 1. The number of nitrogens with one attached hydrogen (secondary N) is 1. The monoisotopic (exact) mass is 314 g/mol. The molecule has 0 amide bonds. The predicted molar refractivity (Wildman–Crippen MR) is 79.8 cm³/mol. The average molecular weight is 314 g/mol. The second kappa shape index (κ2) is 6.76. The van der Waals surface area contributed by atoms with Gasteiger partial charge >= 0.3 is 0 Å². The molecule has 0 aliphatic carbocycles. The van der Waals surface area contributed by atoms with Crippen molar-refractivity contribution in [2.75, 3.05) is 17.3 Å². The minimum absolute atomic E-state index is 0.325. The van der Waals surface area contributed by atoms with Crippen LogP contribution in [-0.2, 0) is 0 Å². The van der Waals surface area contributed by atoms with Crippen molar-refractivity contribution < 1.29 is 8.78 Å². The fourth-order valence-electron chi connectivity index (χ4n) is 1.51. The second-order valence-electron chi connectivity index (χ2n) is 3.66. The number of rotatable bonds is 5. The van der Waals surface area contributed by atoms with Gasteiger partial charge in [-0.1, -0.05) is 35.7 Å². The third-order valence-corrected chi connectivity index (χ3v) is 3.61. The molecular formula is C12H12F2N4S2. The number of halogens is 2. The highest BCUT2D eigenvalue weighted by Gasteiger charge is 2.10. The lowest BCUT2D eigenvalue weighted by atomic mass is 10.3. The SMILES string of the molecule is CSc1nc(N)cc(Nc2ccccc2SC(F)F)n1. The van der Waals surface area contributed by atoms with Crippen molar-refractivity contribution in [2.45, 2.75) is 15.8 Å². The Hall–Kier alpha value is -1.54. The van der Waals surface area contributed by atoms with Crippen molar-refractivity contribution in [3.63, 3.8) is 0 Å². The quantitative estimate of drug-likeness (QED) is 0.646. The van der Waals surface area contributed by atoms with Crippen LogP contribution < -0.4 is 11.1 Å². The highest BCUT2D eigenvalue weighted by molar-refractivity contribution is 7.99. The minimum atomic E-state index is -2.48. The Balaban J connectivity index is 2.27. The van der Waals surface area contributed by atoms with E-state index >= 15 is 0 Å². The fraction of sp³-hybridized carbons (Fsp3) is 0.167. The number of aromatic nitrogens is 2. The molecule has 0 spiro atoms. The summed E-state index contributed by atoms with van der Waals surface area (Å²) >= 11 is 1.84. The van der Waals surface area contributed by atoms with Crippen molar-refractivity contribution in [2.24, 2.45) is 0 Å². The van der Waals surface area contributed by atoms with E-state index < -0.39 is 5.76 Å². The van der Waals surface area contributed by atoms with Gasteiger partial charge < -0.3 is 11.1 Å². The number of nitrogen functional groups attached to an aromatic ring is 1. The Bertz CT molecular complexity index is 595. The van der Waals surface area contributed by atoms with Gasteiger partial charge in [-0.3, -0.25) is 0 Å². The van der Waals surface area contributed by atoms with Crippen molar-refractivity contribution >= 4 is 40.8 Å². The van der Waals surface area contributed by atoms with Crippen LogP contribution in [0.1, 0.15) is 0 Å². The zero-order chi connectivity index (χ0) is 14.5. The first-order valence-electron chi connectivity index (χ1n) is 5.58. The number of alkyl halides is 2. The number of nitrogens with two attached hydrogens (primary N) is 1. The molecule has 1 heterocycles. The van der Waals surface area contributed by atoms with E-state index in [2.05, 4.69) is 15.3 Å². The normalized spacial score (nSPS) is 10.8. The zero-order valence-electron chi connectivity index (χ0n) is 10.5. The van der Waals surface area contributed by atoms with Gasteiger partial charge in [0.2, 0.25) is 0 Å². The summed E-state index contributed by atoms with van der Waals surface area (Å²) in [5.74, 6) is -1.68. The summed E-state index contributed by atoms with van der Waals surface area (Å²) in [5, 5.41) is 3.51. The van der Waals surface area contributed by atoms with Crippen molar-refractivity contribution in [1.29, 1.82) is 0 Å². The van der Waals surface area contributed by atoms with Gasteiger partial charge in [0.05, 0.1) is 5.69 Å². The molecule has 1 aromatic heterocycles. The van der Waals surface area contributed by atoms with Crippen molar-refractivity contribution in [3.8, 4) is 0 Å². The molecule has 0 atom stereocenters. The maximum Gasteiger partial charge on any atom is 0.288 e. The molecule has 2 rings (SSSR count). The molecule has 0 unspecified atom stereocenters. The van der Waals surface area contributed by atoms with Crippen LogP contribution in [0.5, 0.6) is 0 Å². The van der Waals surface area contributed by atoms with Crippen LogP contribution in [0.2, 0.25) is 0 Å². The minimum Gasteiger partial charge on any atom is -0.383 e. The van der Waals surface area contributed by atoms with Gasteiger partial charge in [0, 0.05) is 11.0 Å². The smallest absolute Gasteiger partial charge is 0.288 e. The second-order valence-corrected chi connectivity index (χ2v) is 5.47. The van der Waals surface area contributed by atoms with Crippen LogP contribution in [0.4, 0.5) is 26.1 Å². The fourth-order valence-corrected chi connectivity index (χ4v) is 2.49. The van der Waals surface area contributed by atoms with Crippen LogP contribution >= 0.6 is 23.5 Å². The number of hydrogen-bond acceptors (Lipinski definition) is 6. The Morgan fingerprint density at radius 1 is 1.25 bits per heavy atom. The van der Waals surface area contributed by atoms with E-state index in [4.69, 9.17) is 5.73 Å². The molecule has 2 aromatic rings. The van der Waals surface area contributed by atoms with Gasteiger partial charge in [-0.15, -0.1) is 0 Å². The van der Waals surface area contributed by atoms with Gasteiger partial charge in [-0.2, -0.15) is 8.78 Å². The molecule has 0 saturated carbocycles. The number of benzene rings is 1. The van der Waals surface area contributed by atoms with E-state index in [1.54, 1.807) is 30.3 Å². The van der Waals surface area contributed by atoms with Crippen molar-refractivity contribution in [1.82, 2.24) is 9.97 Å². The summed E-state index contributed by atoms with van der Waals surface area (Å²) in [5.41, 5.74) is 6.24. The van der Waals surface area contributed by atoms with E-state index in [9.17, 15) is 8.78 Å². The van der Waals surface area contributed by atoms with Gasteiger partial charge in [-0.25, -0.2) is 9.97 Å². The molecule has 20 heavy (non-hydrogen) atoms. The molecular weight excluding hydrogens is 302 g/mol. The molecule has 0 aliphatic heterocycles. The largest absolute Gasteiger partial charge is 0.383 e. The van der Waals surface area contributed by atoms with Crippen LogP contribution in [-0.4, -0.2) is 22.0 Å². The maximum atomic E-state index is 12.5. The van der Waals surface area contributed by atoms with E-state index in [1.807, 2.05) is 6.26 Å². The first kappa shape index (κ1) is 14.9. The predicted octanol–water partition coefficient (Wildman–Crippen LogP) is 3.84. The lowest BCUT2D eigenvalue weighted by Crippen LogP contribution is -2.01. The molecule has 0 bridgehead atoms. The van der Waals surface area contributed by atoms with Gasteiger partial charge in [-0.05, 0) is 18.4 Å². The number of nitrogens with zero attached hydrogens (tertiary/aromatic N) is 2. The summed E-state index contributed by atoms with van der Waals surface area (Å²) in [6.07, 6.45) is 1.83. The third kappa shape index (κ3) is 3.97. The Kier molecular flexibility index (Phi) is 5.02. The summed E-state index contributed by atoms with van der Waals surface area (Å²) in [4.78, 5) is 8.71. The number of hydrogen-bond donors (Lipinski definition) is 2. The van der Waals surface area contributed by atoms with Gasteiger partial charge in [0.25, 0.3) is 5.76 Å². The summed E-state index contributed by atoms with van der Waals surface area (Å²) < 4.78 is 25.0. The van der Waals surface area contributed by atoms with Crippen LogP contribution in [0.3, 0.4) is 0 Å². The van der Waals surface area contributed by atoms with E-state index in [0.717, 1.165) is 0 Å². The standard InChI is InChI=1S/C12H12F2N4S2/c1-19-12-17-9(15)6-10(18-12)16-7-4-2-3-5-8(7)20-11(13)14/h2-6,11H,1H3,(H3,15,16,17,18).